The molecule has 0 aliphatic carbocycles. The van der Waals surface area contributed by atoms with Crippen LogP contribution in [-0.4, -0.2) is 45.9 Å². The number of sulfonamides is 1. The van der Waals surface area contributed by atoms with Crippen molar-refractivity contribution in [3.63, 3.8) is 0 Å². The number of anilines is 2. The molecular weight excluding hydrogens is 360 g/mol. The van der Waals surface area contributed by atoms with Crippen molar-refractivity contribution >= 4 is 21.4 Å². The summed E-state index contributed by atoms with van der Waals surface area (Å²) in [6.07, 6.45) is 1.61. The minimum absolute atomic E-state index is 0.308. The average Bonchev–Trinajstić information content (AvgIpc) is 2.67. The zero-order valence-corrected chi connectivity index (χ0v) is 16.7. The Balaban J connectivity index is 1.57. The lowest BCUT2D eigenvalue weighted by Gasteiger charge is -2.32. The normalized spacial score (nSPS) is 16.4. The van der Waals surface area contributed by atoms with E-state index in [1.165, 1.54) is 11.3 Å². The van der Waals surface area contributed by atoms with Gasteiger partial charge in [0.2, 0.25) is 10.0 Å². The second-order valence-corrected chi connectivity index (χ2v) is 9.09. The quantitative estimate of drug-likeness (QED) is 0.743. The Bertz CT molecular complexity index is 858. The van der Waals surface area contributed by atoms with E-state index in [9.17, 15) is 8.42 Å². The van der Waals surface area contributed by atoms with Gasteiger partial charge < -0.3 is 16.0 Å². The van der Waals surface area contributed by atoms with Crippen molar-refractivity contribution in [2.45, 2.75) is 30.3 Å². The van der Waals surface area contributed by atoms with Crippen LogP contribution in [0.25, 0.3) is 0 Å². The van der Waals surface area contributed by atoms with Gasteiger partial charge in [-0.3, -0.25) is 0 Å². The number of nitrogen functional groups attached to an aromatic ring is 1. The maximum Gasteiger partial charge on any atom is 0.243 e. The van der Waals surface area contributed by atoms with Crippen LogP contribution in [0.5, 0.6) is 0 Å². The van der Waals surface area contributed by atoms with Crippen LogP contribution in [0.1, 0.15) is 18.4 Å². The van der Waals surface area contributed by atoms with Crippen LogP contribution in [-0.2, 0) is 16.6 Å². The number of benzene rings is 2. The Hall–Kier alpha value is -2.09. The van der Waals surface area contributed by atoms with Crippen molar-refractivity contribution in [1.82, 2.24) is 9.62 Å². The summed E-state index contributed by atoms with van der Waals surface area (Å²) < 4.78 is 27.1. The number of nitrogens with two attached hydrogens (primary N) is 1. The van der Waals surface area contributed by atoms with Gasteiger partial charge in [-0.2, -0.15) is 4.31 Å². The molecule has 0 amide bonds. The fourth-order valence-electron chi connectivity index (χ4n) is 3.44. The van der Waals surface area contributed by atoms with E-state index >= 15 is 0 Å². The largest absolute Gasteiger partial charge is 0.399 e. The van der Waals surface area contributed by atoms with Crippen LogP contribution in [0.3, 0.4) is 0 Å². The lowest BCUT2D eigenvalue weighted by Crippen LogP contribution is -2.44. The Kier molecular flexibility index (Phi) is 6.04. The van der Waals surface area contributed by atoms with Crippen LogP contribution in [0.15, 0.2) is 53.4 Å². The average molecular weight is 389 g/mol. The van der Waals surface area contributed by atoms with Crippen molar-refractivity contribution in [2.75, 3.05) is 37.8 Å². The Morgan fingerprint density at radius 1 is 1.07 bits per heavy atom. The van der Waals surface area contributed by atoms with Crippen LogP contribution >= 0.6 is 0 Å². The minimum atomic E-state index is -3.44. The molecule has 0 bridgehead atoms. The molecule has 3 N–H and O–H groups in total. The molecule has 1 heterocycles. The monoisotopic (exact) mass is 388 g/mol. The van der Waals surface area contributed by atoms with E-state index in [0.717, 1.165) is 19.4 Å². The van der Waals surface area contributed by atoms with E-state index in [0.29, 0.717) is 29.7 Å². The number of nitrogens with one attached hydrogen (secondary N) is 1. The number of hydrogen-bond acceptors (Lipinski definition) is 5. The first kappa shape index (κ1) is 19.7. The number of nitrogens with zero attached hydrogens (tertiary/aromatic N) is 2. The predicted molar refractivity (Wildman–Crippen MR) is 110 cm³/mol. The van der Waals surface area contributed by atoms with Gasteiger partial charge in [0.1, 0.15) is 0 Å². The van der Waals surface area contributed by atoms with Crippen LogP contribution in [0.4, 0.5) is 11.4 Å². The van der Waals surface area contributed by atoms with Crippen LogP contribution < -0.4 is 16.0 Å². The van der Waals surface area contributed by atoms with Crippen molar-refractivity contribution < 1.29 is 8.42 Å². The molecule has 3 rings (SSSR count). The molecule has 7 heteroatoms. The molecule has 0 spiro atoms. The van der Waals surface area contributed by atoms with Crippen molar-refractivity contribution in [1.29, 1.82) is 0 Å². The molecule has 1 fully saturated rings. The van der Waals surface area contributed by atoms with Crippen molar-refractivity contribution in [3.8, 4) is 0 Å². The molecule has 0 radical (unpaired) electrons. The summed E-state index contributed by atoms with van der Waals surface area (Å²) in [6.45, 7) is 1.84. The second-order valence-electron chi connectivity index (χ2n) is 7.15. The topological polar surface area (TPSA) is 78.7 Å². The summed E-state index contributed by atoms with van der Waals surface area (Å²) in [5.41, 5.74) is 8.67. The van der Waals surface area contributed by atoms with Gasteiger partial charge in [-0.25, -0.2) is 8.42 Å². The van der Waals surface area contributed by atoms with E-state index in [1.54, 1.807) is 28.6 Å². The molecule has 6 nitrogen and oxygen atoms in total. The third kappa shape index (κ3) is 4.61. The summed E-state index contributed by atoms with van der Waals surface area (Å²) in [4.78, 5) is 2.42. The Morgan fingerprint density at radius 3 is 2.33 bits per heavy atom. The number of piperidine rings is 1. The van der Waals surface area contributed by atoms with Crippen molar-refractivity contribution in [3.05, 3.63) is 54.1 Å². The maximum absolute atomic E-state index is 12.8. The van der Waals surface area contributed by atoms with E-state index < -0.39 is 10.0 Å². The van der Waals surface area contributed by atoms with Gasteiger partial charge in [0.25, 0.3) is 0 Å². The Morgan fingerprint density at radius 2 is 1.70 bits per heavy atom. The number of hydrogen-bond donors (Lipinski definition) is 2. The van der Waals surface area contributed by atoms with Crippen molar-refractivity contribution in [2.24, 2.45) is 0 Å². The predicted octanol–water partition coefficient (Wildman–Crippen LogP) is 2.28. The van der Waals surface area contributed by atoms with Gasteiger partial charge in [0, 0.05) is 51.1 Å². The highest BCUT2D eigenvalue weighted by Gasteiger charge is 2.29. The fourth-order valence-corrected chi connectivity index (χ4v) is 4.91. The van der Waals surface area contributed by atoms with Crippen LogP contribution in [0, 0.1) is 0 Å². The molecule has 2 aromatic rings. The van der Waals surface area contributed by atoms with Gasteiger partial charge in [-0.1, -0.05) is 18.2 Å². The molecule has 0 unspecified atom stereocenters. The molecule has 146 valence electrons. The first-order valence-corrected chi connectivity index (χ1v) is 10.7. The molecule has 27 heavy (non-hydrogen) atoms. The zero-order chi connectivity index (χ0) is 19.4. The Labute approximate surface area is 162 Å². The van der Waals surface area contributed by atoms with Gasteiger partial charge in [-0.15, -0.1) is 0 Å². The molecule has 2 aromatic carbocycles. The van der Waals surface area contributed by atoms with E-state index in [2.05, 4.69) is 22.3 Å². The molecule has 1 aliphatic heterocycles. The second kappa shape index (κ2) is 8.29. The highest BCUT2D eigenvalue weighted by atomic mass is 32.2. The smallest absolute Gasteiger partial charge is 0.243 e. The SMILES string of the molecule is CN(C)c1ccccc1CNC1CCN(S(=O)(=O)c2ccc(N)cc2)CC1. The van der Waals surface area contributed by atoms with E-state index in [-0.39, 0.29) is 0 Å². The lowest BCUT2D eigenvalue weighted by molar-refractivity contribution is 0.288. The first-order chi connectivity index (χ1) is 12.9. The summed E-state index contributed by atoms with van der Waals surface area (Å²) in [7, 11) is 0.638. The van der Waals surface area contributed by atoms with Gasteiger partial charge in [0.15, 0.2) is 0 Å². The molecule has 1 saturated heterocycles. The number of rotatable bonds is 6. The highest BCUT2D eigenvalue weighted by Crippen LogP contribution is 2.23. The molecule has 0 saturated carbocycles. The zero-order valence-electron chi connectivity index (χ0n) is 15.9. The van der Waals surface area contributed by atoms with Gasteiger partial charge in [0.05, 0.1) is 4.90 Å². The minimum Gasteiger partial charge on any atom is -0.399 e. The standard InChI is InChI=1S/C20H28N4O2S/c1-23(2)20-6-4-3-5-16(20)15-22-18-11-13-24(14-12-18)27(25,26)19-9-7-17(21)8-10-19/h3-10,18,22H,11-15,21H2,1-2H3. The molecule has 0 aromatic heterocycles. The van der Waals surface area contributed by atoms with E-state index in [4.69, 9.17) is 5.73 Å². The molecular formula is C20H28N4O2S. The third-order valence-corrected chi connectivity index (χ3v) is 6.94. The maximum atomic E-state index is 12.8. The fraction of sp³-hybridized carbons (Fsp3) is 0.400. The lowest BCUT2D eigenvalue weighted by atomic mass is 10.1. The summed E-state index contributed by atoms with van der Waals surface area (Å²) in [6, 6.07) is 15.1. The molecule has 1 aliphatic rings. The van der Waals surface area contributed by atoms with Gasteiger partial charge >= 0.3 is 0 Å². The van der Waals surface area contributed by atoms with Crippen LogP contribution in [0.2, 0.25) is 0 Å². The highest BCUT2D eigenvalue weighted by molar-refractivity contribution is 7.89. The van der Waals surface area contributed by atoms with Gasteiger partial charge in [-0.05, 0) is 48.7 Å². The first-order valence-electron chi connectivity index (χ1n) is 9.22. The van der Waals surface area contributed by atoms with E-state index in [1.807, 2.05) is 26.2 Å². The third-order valence-electron chi connectivity index (χ3n) is 5.03. The summed E-state index contributed by atoms with van der Waals surface area (Å²) in [5.74, 6) is 0. The summed E-state index contributed by atoms with van der Waals surface area (Å²) >= 11 is 0. The number of para-hydroxylation sites is 1. The molecule has 0 atom stereocenters. The summed E-state index contributed by atoms with van der Waals surface area (Å²) in [5, 5.41) is 3.59.